The Hall–Kier alpha value is -2.22. The monoisotopic (exact) mass is 251 g/mol. The van der Waals surface area contributed by atoms with Gasteiger partial charge in [0.2, 0.25) is 0 Å². The molecule has 1 aromatic heterocycles. The summed E-state index contributed by atoms with van der Waals surface area (Å²) in [6.45, 7) is 2.00. The molecule has 2 N–H and O–H groups in total. The highest BCUT2D eigenvalue weighted by Crippen LogP contribution is 2.25. The number of benzene rings is 2. The maximum Gasteiger partial charge on any atom is 0.134 e. The molecule has 0 aliphatic heterocycles. The summed E-state index contributed by atoms with van der Waals surface area (Å²) in [5.41, 5.74) is 10.1. The number of aryl methyl sites for hydroxylation is 3. The van der Waals surface area contributed by atoms with Gasteiger partial charge in [-0.2, -0.15) is 0 Å². The van der Waals surface area contributed by atoms with Crippen LogP contribution < -0.4 is 5.73 Å². The van der Waals surface area contributed by atoms with Gasteiger partial charge in [-0.1, -0.05) is 30.3 Å². The minimum absolute atomic E-state index is 0.822. The number of furan rings is 1. The van der Waals surface area contributed by atoms with Crippen molar-refractivity contribution in [3.8, 4) is 0 Å². The van der Waals surface area contributed by atoms with Gasteiger partial charge in [-0.25, -0.2) is 0 Å². The fraction of sp³-hybridized carbons (Fsp3) is 0.176. The Morgan fingerprint density at radius 1 is 1.00 bits per heavy atom. The molecular formula is C17H17NO. The zero-order valence-electron chi connectivity index (χ0n) is 11.0. The molecule has 19 heavy (non-hydrogen) atoms. The summed E-state index contributed by atoms with van der Waals surface area (Å²) in [6.07, 6.45) is 1.91. The van der Waals surface area contributed by atoms with Crippen molar-refractivity contribution in [1.29, 1.82) is 0 Å². The average molecular weight is 251 g/mol. The molecule has 2 nitrogen and oxygen atoms in total. The van der Waals surface area contributed by atoms with Gasteiger partial charge in [-0.05, 0) is 42.7 Å². The zero-order valence-corrected chi connectivity index (χ0v) is 11.0. The molecule has 0 unspecified atom stereocenters. The van der Waals surface area contributed by atoms with E-state index in [1.165, 1.54) is 5.56 Å². The lowest BCUT2D eigenvalue weighted by molar-refractivity contribution is 0.547. The van der Waals surface area contributed by atoms with Gasteiger partial charge < -0.3 is 10.2 Å². The van der Waals surface area contributed by atoms with Crippen molar-refractivity contribution in [1.82, 2.24) is 0 Å². The predicted octanol–water partition coefficient (Wildman–Crippen LogP) is 4.11. The smallest absolute Gasteiger partial charge is 0.134 e. The Morgan fingerprint density at radius 2 is 1.79 bits per heavy atom. The maximum atomic E-state index is 5.92. The second-order valence-corrected chi connectivity index (χ2v) is 4.94. The molecule has 0 saturated heterocycles. The molecular weight excluding hydrogens is 234 g/mol. The van der Waals surface area contributed by atoms with E-state index in [0.717, 1.165) is 40.8 Å². The minimum Gasteiger partial charge on any atom is -0.461 e. The van der Waals surface area contributed by atoms with Gasteiger partial charge in [0.05, 0.1) is 0 Å². The lowest BCUT2D eigenvalue weighted by atomic mass is 10.1. The first-order valence-corrected chi connectivity index (χ1v) is 6.55. The van der Waals surface area contributed by atoms with Crippen molar-refractivity contribution >= 4 is 16.7 Å². The van der Waals surface area contributed by atoms with E-state index in [-0.39, 0.29) is 0 Å². The van der Waals surface area contributed by atoms with Crippen molar-refractivity contribution in [3.05, 3.63) is 65.4 Å². The summed E-state index contributed by atoms with van der Waals surface area (Å²) in [6, 6.07) is 16.5. The molecule has 0 aliphatic rings. The molecule has 0 amide bonds. The zero-order chi connectivity index (χ0) is 13.2. The molecule has 2 aromatic carbocycles. The van der Waals surface area contributed by atoms with Gasteiger partial charge in [0.15, 0.2) is 0 Å². The number of fused-ring (bicyclic) bond motifs is 1. The maximum absolute atomic E-state index is 5.92. The fourth-order valence-corrected chi connectivity index (χ4v) is 2.30. The van der Waals surface area contributed by atoms with E-state index in [4.69, 9.17) is 10.2 Å². The van der Waals surface area contributed by atoms with Crippen LogP contribution in [0.1, 0.15) is 16.9 Å². The van der Waals surface area contributed by atoms with Crippen molar-refractivity contribution in [2.45, 2.75) is 19.8 Å². The van der Waals surface area contributed by atoms with Crippen LogP contribution in [-0.2, 0) is 12.8 Å². The van der Waals surface area contributed by atoms with E-state index < -0.39 is 0 Å². The molecule has 3 rings (SSSR count). The Balaban J connectivity index is 1.82. The van der Waals surface area contributed by atoms with E-state index in [9.17, 15) is 0 Å². The van der Waals surface area contributed by atoms with Crippen LogP contribution >= 0.6 is 0 Å². The topological polar surface area (TPSA) is 39.2 Å². The summed E-state index contributed by atoms with van der Waals surface area (Å²) in [5, 5.41) is 1.09. The van der Waals surface area contributed by atoms with Gasteiger partial charge in [-0.15, -0.1) is 0 Å². The highest BCUT2D eigenvalue weighted by Gasteiger charge is 2.06. The molecule has 0 fully saturated rings. The molecule has 0 spiro atoms. The molecule has 96 valence electrons. The first-order valence-electron chi connectivity index (χ1n) is 6.55. The molecule has 3 aromatic rings. The second kappa shape index (κ2) is 4.81. The lowest BCUT2D eigenvalue weighted by Crippen LogP contribution is -1.88. The van der Waals surface area contributed by atoms with E-state index in [2.05, 4.69) is 30.3 Å². The Bertz CT molecular complexity index is 659. The van der Waals surface area contributed by atoms with Gasteiger partial charge in [-0.3, -0.25) is 0 Å². The Kier molecular flexibility index (Phi) is 3.00. The third-order valence-corrected chi connectivity index (χ3v) is 3.46. The van der Waals surface area contributed by atoms with Gasteiger partial charge >= 0.3 is 0 Å². The Morgan fingerprint density at radius 3 is 2.58 bits per heavy atom. The highest BCUT2D eigenvalue weighted by molar-refractivity contribution is 5.83. The average Bonchev–Trinajstić information content (AvgIpc) is 2.80. The highest BCUT2D eigenvalue weighted by atomic mass is 16.3. The minimum atomic E-state index is 0.822. The molecule has 0 bridgehead atoms. The van der Waals surface area contributed by atoms with Crippen LogP contribution in [0, 0.1) is 6.92 Å². The van der Waals surface area contributed by atoms with Crippen LogP contribution in [0.25, 0.3) is 11.0 Å². The summed E-state index contributed by atoms with van der Waals surface area (Å²) in [7, 11) is 0. The lowest BCUT2D eigenvalue weighted by Gasteiger charge is -1.98. The fourth-order valence-electron chi connectivity index (χ4n) is 2.30. The number of nitrogens with two attached hydrogens (primary N) is 1. The van der Waals surface area contributed by atoms with Crippen LogP contribution in [0.5, 0.6) is 0 Å². The number of hydrogen-bond donors (Lipinski definition) is 1. The standard InChI is InChI=1S/C17H17NO/c1-12-9-17-14(11-16(12)18)10-15(19-17)8-7-13-5-3-2-4-6-13/h2-6,9-11H,7-8,18H2,1H3. The Labute approximate surface area is 112 Å². The van der Waals surface area contributed by atoms with Crippen molar-refractivity contribution < 1.29 is 4.42 Å². The van der Waals surface area contributed by atoms with Gasteiger partial charge in [0, 0.05) is 17.5 Å². The largest absolute Gasteiger partial charge is 0.461 e. The SMILES string of the molecule is Cc1cc2oc(CCc3ccccc3)cc2cc1N. The molecule has 0 aliphatic carbocycles. The van der Waals surface area contributed by atoms with Crippen molar-refractivity contribution in [2.24, 2.45) is 0 Å². The van der Waals surface area contributed by atoms with Gasteiger partial charge in [0.25, 0.3) is 0 Å². The molecule has 2 heteroatoms. The number of anilines is 1. The van der Waals surface area contributed by atoms with Gasteiger partial charge in [0.1, 0.15) is 11.3 Å². The quantitative estimate of drug-likeness (QED) is 0.711. The number of nitrogen functional groups attached to an aromatic ring is 1. The van der Waals surface area contributed by atoms with E-state index in [0.29, 0.717) is 0 Å². The summed E-state index contributed by atoms with van der Waals surface area (Å²) >= 11 is 0. The van der Waals surface area contributed by atoms with Crippen molar-refractivity contribution in [2.75, 3.05) is 5.73 Å². The predicted molar refractivity (Wildman–Crippen MR) is 79.2 cm³/mol. The molecule has 1 heterocycles. The van der Waals surface area contributed by atoms with Crippen LogP contribution in [0.3, 0.4) is 0 Å². The van der Waals surface area contributed by atoms with E-state index in [1.807, 2.05) is 25.1 Å². The van der Waals surface area contributed by atoms with Crippen LogP contribution in [0.15, 0.2) is 52.9 Å². The summed E-state index contributed by atoms with van der Waals surface area (Å²) in [4.78, 5) is 0. The van der Waals surface area contributed by atoms with Crippen LogP contribution in [-0.4, -0.2) is 0 Å². The third kappa shape index (κ3) is 2.48. The van der Waals surface area contributed by atoms with Crippen molar-refractivity contribution in [3.63, 3.8) is 0 Å². The first kappa shape index (κ1) is 11.8. The number of hydrogen-bond acceptors (Lipinski definition) is 2. The van der Waals surface area contributed by atoms with Crippen LogP contribution in [0.2, 0.25) is 0 Å². The summed E-state index contributed by atoms with van der Waals surface area (Å²) < 4.78 is 5.87. The second-order valence-electron chi connectivity index (χ2n) is 4.94. The molecule has 0 saturated carbocycles. The molecule has 0 radical (unpaired) electrons. The van der Waals surface area contributed by atoms with E-state index >= 15 is 0 Å². The van der Waals surface area contributed by atoms with Crippen LogP contribution in [0.4, 0.5) is 5.69 Å². The normalized spacial score (nSPS) is 11.0. The molecule has 0 atom stereocenters. The number of rotatable bonds is 3. The van der Waals surface area contributed by atoms with E-state index in [1.54, 1.807) is 0 Å². The third-order valence-electron chi connectivity index (χ3n) is 3.46. The summed E-state index contributed by atoms with van der Waals surface area (Å²) in [5.74, 6) is 1.02. The first-order chi connectivity index (χ1) is 9.22.